The van der Waals surface area contributed by atoms with Gasteiger partial charge in [-0.1, -0.05) is 30.3 Å². The summed E-state index contributed by atoms with van der Waals surface area (Å²) in [6.45, 7) is 0.249. The molecule has 1 aromatic heterocycles. The fourth-order valence-electron chi connectivity index (χ4n) is 3.31. The summed E-state index contributed by atoms with van der Waals surface area (Å²) in [5.74, 6) is 0.793. The van der Waals surface area contributed by atoms with Crippen molar-refractivity contribution < 1.29 is 19.1 Å². The molecule has 154 valence electrons. The molecule has 0 spiro atoms. The van der Waals surface area contributed by atoms with E-state index in [1.54, 1.807) is 30.2 Å². The fourth-order valence-corrected chi connectivity index (χ4v) is 3.90. The Kier molecular flexibility index (Phi) is 5.62. The van der Waals surface area contributed by atoms with Crippen molar-refractivity contribution >= 4 is 34.2 Å². The molecule has 1 saturated heterocycles. The van der Waals surface area contributed by atoms with Crippen molar-refractivity contribution in [1.82, 2.24) is 9.36 Å². The number of carbonyl (C=O) groups excluding carboxylic acids is 2. The second-order valence-corrected chi connectivity index (χ2v) is 7.47. The number of hydrogen-bond donors (Lipinski definition) is 1. The molecule has 8 nitrogen and oxygen atoms in total. The van der Waals surface area contributed by atoms with Gasteiger partial charge in [-0.15, -0.1) is 0 Å². The maximum atomic E-state index is 12.8. The van der Waals surface area contributed by atoms with Crippen LogP contribution in [0.4, 0.5) is 10.8 Å². The molecule has 3 aromatic rings. The number of methoxy groups -OCH3 is 2. The van der Waals surface area contributed by atoms with Crippen LogP contribution in [-0.4, -0.2) is 41.9 Å². The number of nitrogens with zero attached hydrogens (tertiary/aromatic N) is 3. The lowest BCUT2D eigenvalue weighted by Crippen LogP contribution is -2.28. The average molecular weight is 424 g/mol. The van der Waals surface area contributed by atoms with Crippen molar-refractivity contribution in [2.45, 2.75) is 6.42 Å². The van der Waals surface area contributed by atoms with E-state index in [2.05, 4.69) is 14.7 Å². The molecular weight excluding hydrogens is 404 g/mol. The molecule has 2 aromatic carbocycles. The first kappa shape index (κ1) is 19.8. The van der Waals surface area contributed by atoms with Crippen LogP contribution in [-0.2, 0) is 9.59 Å². The van der Waals surface area contributed by atoms with Gasteiger partial charge < -0.3 is 19.7 Å². The van der Waals surface area contributed by atoms with Crippen molar-refractivity contribution in [3.63, 3.8) is 0 Å². The molecule has 4 rings (SSSR count). The maximum absolute atomic E-state index is 12.8. The van der Waals surface area contributed by atoms with Gasteiger partial charge in [-0.2, -0.15) is 9.36 Å². The molecule has 0 radical (unpaired) electrons. The van der Waals surface area contributed by atoms with Gasteiger partial charge in [0.2, 0.25) is 16.9 Å². The number of carbonyl (C=O) groups is 2. The molecule has 0 bridgehead atoms. The third-order valence-electron chi connectivity index (χ3n) is 4.86. The van der Waals surface area contributed by atoms with Crippen molar-refractivity contribution in [3.8, 4) is 22.9 Å². The van der Waals surface area contributed by atoms with Crippen LogP contribution in [0.2, 0.25) is 0 Å². The summed E-state index contributed by atoms with van der Waals surface area (Å²) >= 11 is 1.11. The van der Waals surface area contributed by atoms with E-state index in [9.17, 15) is 9.59 Å². The second-order valence-electron chi connectivity index (χ2n) is 6.72. The number of benzene rings is 2. The summed E-state index contributed by atoms with van der Waals surface area (Å²) < 4.78 is 14.9. The smallest absolute Gasteiger partial charge is 0.231 e. The highest BCUT2D eigenvalue weighted by Crippen LogP contribution is 2.36. The van der Waals surface area contributed by atoms with Crippen LogP contribution in [0, 0.1) is 5.92 Å². The van der Waals surface area contributed by atoms with Gasteiger partial charge in [0.15, 0.2) is 5.82 Å². The van der Waals surface area contributed by atoms with Gasteiger partial charge in [0.25, 0.3) is 0 Å². The number of aromatic nitrogens is 2. The number of amides is 2. The van der Waals surface area contributed by atoms with E-state index in [4.69, 9.17) is 9.47 Å². The Balaban J connectivity index is 1.47. The number of hydrogen-bond acceptors (Lipinski definition) is 7. The van der Waals surface area contributed by atoms with E-state index in [1.807, 2.05) is 30.3 Å². The topological polar surface area (TPSA) is 93.7 Å². The number of nitrogens with one attached hydrogen (secondary N) is 1. The van der Waals surface area contributed by atoms with Crippen LogP contribution < -0.4 is 19.7 Å². The number of rotatable bonds is 6. The molecular formula is C21H20N4O4S. The summed E-state index contributed by atoms with van der Waals surface area (Å²) in [7, 11) is 3.09. The van der Waals surface area contributed by atoms with Gasteiger partial charge in [-0.05, 0) is 12.1 Å². The van der Waals surface area contributed by atoms with E-state index in [1.165, 1.54) is 7.11 Å². The highest BCUT2D eigenvalue weighted by molar-refractivity contribution is 7.10. The lowest BCUT2D eigenvalue weighted by atomic mass is 10.1. The molecule has 30 heavy (non-hydrogen) atoms. The van der Waals surface area contributed by atoms with Crippen LogP contribution >= 0.6 is 11.5 Å². The largest absolute Gasteiger partial charge is 0.497 e. The number of ether oxygens (including phenoxy) is 2. The van der Waals surface area contributed by atoms with Gasteiger partial charge in [0.05, 0.1) is 25.8 Å². The first-order chi connectivity index (χ1) is 14.6. The SMILES string of the molecule is COc1ccc(OC)c(N2CC(C(=O)Nc3nc(-c4ccccc4)ns3)CC2=O)c1. The van der Waals surface area contributed by atoms with Gasteiger partial charge in [-0.3, -0.25) is 9.59 Å². The zero-order valence-corrected chi connectivity index (χ0v) is 17.3. The van der Waals surface area contributed by atoms with Crippen LogP contribution in [0.25, 0.3) is 11.4 Å². The van der Waals surface area contributed by atoms with Crippen molar-refractivity contribution in [1.29, 1.82) is 0 Å². The average Bonchev–Trinajstić information content (AvgIpc) is 3.40. The van der Waals surface area contributed by atoms with Crippen LogP contribution in [0.5, 0.6) is 11.5 Å². The highest BCUT2D eigenvalue weighted by atomic mass is 32.1. The van der Waals surface area contributed by atoms with Crippen molar-refractivity contribution in [2.75, 3.05) is 31.0 Å². The molecule has 0 saturated carbocycles. The molecule has 1 aliphatic rings. The van der Waals surface area contributed by atoms with Gasteiger partial charge in [0.1, 0.15) is 11.5 Å². The minimum absolute atomic E-state index is 0.108. The van der Waals surface area contributed by atoms with Crippen LogP contribution in [0.3, 0.4) is 0 Å². The third kappa shape index (κ3) is 3.97. The zero-order valence-electron chi connectivity index (χ0n) is 16.5. The van der Waals surface area contributed by atoms with Crippen molar-refractivity contribution in [3.05, 3.63) is 48.5 Å². The van der Waals surface area contributed by atoms with Gasteiger partial charge in [-0.25, -0.2) is 0 Å². The Morgan fingerprint density at radius 3 is 2.70 bits per heavy atom. The predicted molar refractivity (Wildman–Crippen MR) is 114 cm³/mol. The second kappa shape index (κ2) is 8.50. The first-order valence-corrected chi connectivity index (χ1v) is 10.1. The standard InChI is InChI=1S/C21H20N4O4S/c1-28-15-8-9-17(29-2)16(11-15)25-12-14(10-18(25)26)20(27)23-21-22-19(24-30-21)13-6-4-3-5-7-13/h3-9,11,14H,10,12H2,1-2H3,(H,22,23,24,27). The highest BCUT2D eigenvalue weighted by Gasteiger charge is 2.36. The predicted octanol–water partition coefficient (Wildman–Crippen LogP) is 3.21. The van der Waals surface area contributed by atoms with Crippen LogP contribution in [0.1, 0.15) is 6.42 Å². The summed E-state index contributed by atoms with van der Waals surface area (Å²) in [6, 6.07) is 14.8. The van der Waals surface area contributed by atoms with E-state index < -0.39 is 5.92 Å². The molecule has 9 heteroatoms. The normalized spacial score (nSPS) is 15.9. The Hall–Kier alpha value is -3.46. The lowest BCUT2D eigenvalue weighted by molar-refractivity contribution is -0.122. The molecule has 0 aliphatic carbocycles. The number of anilines is 2. The molecule has 2 amide bonds. The maximum Gasteiger partial charge on any atom is 0.231 e. The van der Waals surface area contributed by atoms with E-state index in [-0.39, 0.29) is 24.8 Å². The molecule has 1 unspecified atom stereocenters. The van der Waals surface area contributed by atoms with E-state index in [0.29, 0.717) is 28.1 Å². The minimum atomic E-state index is -0.502. The van der Waals surface area contributed by atoms with Crippen molar-refractivity contribution in [2.24, 2.45) is 5.92 Å². The first-order valence-electron chi connectivity index (χ1n) is 9.31. The Morgan fingerprint density at radius 2 is 1.97 bits per heavy atom. The summed E-state index contributed by atoms with van der Waals surface area (Å²) in [4.78, 5) is 31.3. The Labute approximate surface area is 177 Å². The van der Waals surface area contributed by atoms with E-state index >= 15 is 0 Å². The molecule has 2 heterocycles. The third-order valence-corrected chi connectivity index (χ3v) is 5.49. The fraction of sp³-hybridized carbons (Fsp3) is 0.238. The minimum Gasteiger partial charge on any atom is -0.497 e. The zero-order chi connectivity index (χ0) is 21.1. The molecule has 1 N–H and O–H groups in total. The van der Waals surface area contributed by atoms with Gasteiger partial charge >= 0.3 is 0 Å². The van der Waals surface area contributed by atoms with Crippen LogP contribution in [0.15, 0.2) is 48.5 Å². The summed E-state index contributed by atoms with van der Waals surface area (Å²) in [5.41, 5.74) is 1.46. The Morgan fingerprint density at radius 1 is 1.17 bits per heavy atom. The lowest BCUT2D eigenvalue weighted by Gasteiger charge is -2.20. The molecule has 1 fully saturated rings. The molecule has 1 aliphatic heterocycles. The van der Waals surface area contributed by atoms with Gasteiger partial charge in [0, 0.05) is 36.1 Å². The quantitative estimate of drug-likeness (QED) is 0.653. The van der Waals surface area contributed by atoms with E-state index in [0.717, 1.165) is 17.1 Å². The Bertz CT molecular complexity index is 1070. The summed E-state index contributed by atoms with van der Waals surface area (Å²) in [6.07, 6.45) is 0.108. The summed E-state index contributed by atoms with van der Waals surface area (Å²) in [5, 5.41) is 3.20. The monoisotopic (exact) mass is 424 g/mol. The molecule has 1 atom stereocenters.